The van der Waals surface area contributed by atoms with Crippen LogP contribution in [0.1, 0.15) is 31.2 Å². The fourth-order valence-electron chi connectivity index (χ4n) is 2.84. The van der Waals surface area contributed by atoms with Crippen LogP contribution in [0.5, 0.6) is 23.0 Å². The Labute approximate surface area is 166 Å². The van der Waals surface area contributed by atoms with Crippen molar-refractivity contribution >= 4 is 0 Å². The van der Waals surface area contributed by atoms with Gasteiger partial charge in [-0.05, 0) is 32.4 Å². The number of pyridine rings is 1. The molecule has 4 N–H and O–H groups in total. The highest BCUT2D eigenvalue weighted by Gasteiger charge is 2.17. The summed E-state index contributed by atoms with van der Waals surface area (Å²) in [6.07, 6.45) is 1.11. The van der Waals surface area contributed by atoms with Crippen molar-refractivity contribution in [3.63, 3.8) is 0 Å². The number of ether oxygens (including phenoxy) is 2. The predicted molar refractivity (Wildman–Crippen MR) is 107 cm³/mol. The molecule has 0 aliphatic heterocycles. The predicted octanol–water partition coefficient (Wildman–Crippen LogP) is 2.69. The van der Waals surface area contributed by atoms with Crippen LogP contribution >= 0.6 is 0 Å². The van der Waals surface area contributed by atoms with Crippen LogP contribution in [0, 0.1) is 13.8 Å². The molecule has 0 fully saturated rings. The zero-order chi connectivity index (χ0) is 20.5. The average molecular weight is 390 g/mol. The van der Waals surface area contributed by atoms with E-state index >= 15 is 0 Å². The van der Waals surface area contributed by atoms with Gasteiger partial charge in [-0.3, -0.25) is 4.98 Å². The number of aliphatic hydroxyl groups excluding tert-OH is 1. The van der Waals surface area contributed by atoms with E-state index in [0.29, 0.717) is 24.5 Å². The van der Waals surface area contributed by atoms with Crippen molar-refractivity contribution in [3.05, 3.63) is 41.7 Å². The number of hydrogen-bond acceptors (Lipinski definition) is 7. The highest BCUT2D eigenvalue weighted by atomic mass is 16.5. The van der Waals surface area contributed by atoms with Gasteiger partial charge in [-0.25, -0.2) is 0 Å². The molecular weight excluding hydrogens is 360 g/mol. The number of rotatable bonds is 11. The number of aromatic nitrogens is 1. The third-order valence-corrected chi connectivity index (χ3v) is 4.27. The summed E-state index contributed by atoms with van der Waals surface area (Å²) in [4.78, 5) is 4.11. The van der Waals surface area contributed by atoms with Crippen LogP contribution in [0.3, 0.4) is 0 Å². The number of aromatic hydroxyl groups is 2. The Morgan fingerprint density at radius 2 is 1.75 bits per heavy atom. The Balaban J connectivity index is 1.80. The molecule has 7 nitrogen and oxygen atoms in total. The van der Waals surface area contributed by atoms with E-state index in [-0.39, 0.29) is 30.0 Å². The maximum Gasteiger partial charge on any atom is 0.204 e. The molecule has 2 atom stereocenters. The minimum Gasteiger partial charge on any atom is -0.503 e. The fourth-order valence-corrected chi connectivity index (χ4v) is 2.84. The van der Waals surface area contributed by atoms with E-state index in [1.807, 2.05) is 30.3 Å². The molecule has 154 valence electrons. The van der Waals surface area contributed by atoms with Crippen molar-refractivity contribution in [2.24, 2.45) is 0 Å². The molecule has 0 saturated carbocycles. The number of aliphatic hydroxyl groups is 1. The molecule has 2 aromatic rings. The van der Waals surface area contributed by atoms with Gasteiger partial charge in [0.25, 0.3) is 0 Å². The molecule has 0 spiro atoms. The second-order valence-corrected chi connectivity index (χ2v) is 6.77. The molecule has 0 radical (unpaired) electrons. The Kier molecular flexibility index (Phi) is 8.35. The third kappa shape index (κ3) is 6.28. The summed E-state index contributed by atoms with van der Waals surface area (Å²) in [6, 6.07) is 9.65. The zero-order valence-electron chi connectivity index (χ0n) is 16.7. The van der Waals surface area contributed by atoms with Gasteiger partial charge in [-0.2, -0.15) is 0 Å². The minimum absolute atomic E-state index is 0.00468. The molecule has 2 unspecified atom stereocenters. The van der Waals surface area contributed by atoms with Crippen LogP contribution < -0.4 is 14.8 Å². The number of hydrogen-bond donors (Lipinski definition) is 4. The Morgan fingerprint density at radius 3 is 2.43 bits per heavy atom. The smallest absolute Gasteiger partial charge is 0.204 e. The van der Waals surface area contributed by atoms with Crippen molar-refractivity contribution in [3.8, 4) is 23.0 Å². The standard InChI is InChI=1S/C21H30N2O5/c1-4-8-18(28-17-9-6-5-7-10-17)12-22-11-16(24)13-27-21-15(3)23-14(2)19(25)20(21)26/h5-7,9-10,16,18,22,24-25H,4,8,11-13H2,1-3H3,(H,23,26). The highest BCUT2D eigenvalue weighted by Crippen LogP contribution is 2.38. The second-order valence-electron chi connectivity index (χ2n) is 6.77. The average Bonchev–Trinajstić information content (AvgIpc) is 2.67. The number of nitrogens with zero attached hydrogens (tertiary/aromatic N) is 1. The first-order valence-electron chi connectivity index (χ1n) is 9.54. The van der Waals surface area contributed by atoms with Crippen LogP contribution in [-0.4, -0.2) is 52.2 Å². The summed E-state index contributed by atoms with van der Waals surface area (Å²) in [5, 5.41) is 33.1. The molecule has 0 aliphatic carbocycles. The second kappa shape index (κ2) is 10.7. The summed E-state index contributed by atoms with van der Waals surface area (Å²) in [5.74, 6) is 0.237. The van der Waals surface area contributed by atoms with E-state index in [2.05, 4.69) is 17.2 Å². The summed E-state index contributed by atoms with van der Waals surface area (Å²) >= 11 is 0. The first-order chi connectivity index (χ1) is 13.4. The van der Waals surface area contributed by atoms with Crippen LogP contribution in [0.15, 0.2) is 30.3 Å². The summed E-state index contributed by atoms with van der Waals surface area (Å²) in [7, 11) is 0. The molecule has 0 amide bonds. The van der Waals surface area contributed by atoms with Crippen LogP contribution in [-0.2, 0) is 0 Å². The van der Waals surface area contributed by atoms with Gasteiger partial charge in [0.05, 0.1) is 11.4 Å². The molecule has 28 heavy (non-hydrogen) atoms. The lowest BCUT2D eigenvalue weighted by molar-refractivity contribution is 0.0987. The lowest BCUT2D eigenvalue weighted by Crippen LogP contribution is -2.38. The van der Waals surface area contributed by atoms with Crippen LogP contribution in [0.25, 0.3) is 0 Å². The van der Waals surface area contributed by atoms with Crippen LogP contribution in [0.2, 0.25) is 0 Å². The maximum atomic E-state index is 10.2. The molecule has 2 rings (SSSR count). The molecule has 0 aliphatic rings. The van der Waals surface area contributed by atoms with E-state index in [1.165, 1.54) is 0 Å². The Hall–Kier alpha value is -2.51. The van der Waals surface area contributed by atoms with Gasteiger partial charge in [0.2, 0.25) is 5.75 Å². The maximum absolute atomic E-state index is 10.2. The fraction of sp³-hybridized carbons (Fsp3) is 0.476. The minimum atomic E-state index is -0.791. The molecule has 1 aromatic carbocycles. The Morgan fingerprint density at radius 1 is 1.04 bits per heavy atom. The summed E-state index contributed by atoms with van der Waals surface area (Å²) in [6.45, 7) is 6.23. The normalized spacial score (nSPS) is 13.1. The van der Waals surface area contributed by atoms with Crippen molar-refractivity contribution in [1.82, 2.24) is 10.3 Å². The summed E-state index contributed by atoms with van der Waals surface area (Å²) < 4.78 is 11.4. The molecule has 1 aromatic heterocycles. The van der Waals surface area contributed by atoms with Crippen LogP contribution in [0.4, 0.5) is 0 Å². The van der Waals surface area contributed by atoms with Gasteiger partial charge < -0.3 is 30.1 Å². The van der Waals surface area contributed by atoms with Crippen molar-refractivity contribution in [2.75, 3.05) is 19.7 Å². The molecular formula is C21H30N2O5. The van der Waals surface area contributed by atoms with Crippen molar-refractivity contribution < 1.29 is 24.8 Å². The quantitative estimate of drug-likeness (QED) is 0.468. The van der Waals surface area contributed by atoms with E-state index in [4.69, 9.17) is 9.47 Å². The molecule has 0 bridgehead atoms. The van der Waals surface area contributed by atoms with Gasteiger partial charge in [0, 0.05) is 13.1 Å². The number of aryl methyl sites for hydroxylation is 2. The zero-order valence-corrected chi connectivity index (χ0v) is 16.7. The van der Waals surface area contributed by atoms with Gasteiger partial charge in [0.1, 0.15) is 24.6 Å². The monoisotopic (exact) mass is 390 g/mol. The van der Waals surface area contributed by atoms with E-state index in [1.54, 1.807) is 13.8 Å². The molecule has 0 saturated heterocycles. The number of para-hydroxylation sites is 1. The number of nitrogens with one attached hydrogen (secondary N) is 1. The first-order valence-corrected chi connectivity index (χ1v) is 9.54. The van der Waals surface area contributed by atoms with Gasteiger partial charge >= 0.3 is 0 Å². The van der Waals surface area contributed by atoms with Crippen molar-refractivity contribution in [2.45, 2.75) is 45.8 Å². The largest absolute Gasteiger partial charge is 0.503 e. The lowest BCUT2D eigenvalue weighted by atomic mass is 10.2. The third-order valence-electron chi connectivity index (χ3n) is 4.27. The summed E-state index contributed by atoms with van der Waals surface area (Å²) in [5.41, 5.74) is 0.775. The topological polar surface area (TPSA) is 104 Å². The van der Waals surface area contributed by atoms with E-state index in [0.717, 1.165) is 18.6 Å². The van der Waals surface area contributed by atoms with E-state index in [9.17, 15) is 15.3 Å². The van der Waals surface area contributed by atoms with Gasteiger partial charge in [-0.15, -0.1) is 0 Å². The lowest BCUT2D eigenvalue weighted by Gasteiger charge is -2.21. The Bertz CT molecular complexity index is 739. The van der Waals surface area contributed by atoms with Crippen molar-refractivity contribution in [1.29, 1.82) is 0 Å². The SMILES string of the molecule is CCCC(CNCC(O)COc1c(C)nc(C)c(O)c1O)Oc1ccccc1. The molecule has 7 heteroatoms. The van der Waals surface area contributed by atoms with E-state index < -0.39 is 6.10 Å². The highest BCUT2D eigenvalue weighted by molar-refractivity contribution is 5.53. The molecule has 1 heterocycles. The number of benzene rings is 1. The first kappa shape index (κ1) is 21.8. The van der Waals surface area contributed by atoms with Gasteiger partial charge in [0.15, 0.2) is 11.5 Å². The van der Waals surface area contributed by atoms with Gasteiger partial charge in [-0.1, -0.05) is 31.5 Å².